The maximum absolute atomic E-state index is 10.8. The molecule has 5 nitrogen and oxygen atoms in total. The van der Waals surface area contributed by atoms with Crippen LogP contribution >= 0.6 is 22.6 Å². The van der Waals surface area contributed by atoms with Gasteiger partial charge in [0, 0.05) is 15.3 Å². The minimum atomic E-state index is -0.446. The van der Waals surface area contributed by atoms with E-state index in [0.717, 1.165) is 3.57 Å². The molecule has 2 rings (SSSR count). The standard InChI is InChI=1S/C12H9IN2O3/c1-8-7-14-12(6-11(8)15(16)17)18-10-4-2-3-9(13)5-10/h2-7H,1H3. The second-order valence-corrected chi connectivity index (χ2v) is 4.87. The Labute approximate surface area is 117 Å². The number of aryl methyl sites for hydroxylation is 1. The molecule has 1 aromatic carbocycles. The third-order valence-electron chi connectivity index (χ3n) is 2.26. The summed E-state index contributed by atoms with van der Waals surface area (Å²) in [5.74, 6) is 0.821. The summed E-state index contributed by atoms with van der Waals surface area (Å²) >= 11 is 2.16. The van der Waals surface area contributed by atoms with Crippen LogP contribution < -0.4 is 4.74 Å². The van der Waals surface area contributed by atoms with Crippen molar-refractivity contribution in [1.29, 1.82) is 0 Å². The van der Waals surface area contributed by atoms with E-state index in [2.05, 4.69) is 27.6 Å². The normalized spacial score (nSPS) is 10.1. The van der Waals surface area contributed by atoms with E-state index in [-0.39, 0.29) is 11.6 Å². The lowest BCUT2D eigenvalue weighted by Crippen LogP contribution is -1.95. The Morgan fingerprint density at radius 2 is 2.17 bits per heavy atom. The molecule has 0 saturated carbocycles. The molecule has 6 heteroatoms. The van der Waals surface area contributed by atoms with Gasteiger partial charge in [-0.25, -0.2) is 4.98 Å². The number of ether oxygens (including phenoxy) is 1. The number of nitrogens with zero attached hydrogens (tertiary/aromatic N) is 2. The van der Waals surface area contributed by atoms with Crippen LogP contribution in [0.3, 0.4) is 0 Å². The van der Waals surface area contributed by atoms with Crippen LogP contribution in [0.4, 0.5) is 5.69 Å². The zero-order valence-corrected chi connectivity index (χ0v) is 11.6. The maximum atomic E-state index is 10.8. The summed E-state index contributed by atoms with van der Waals surface area (Å²) in [5, 5.41) is 10.8. The molecule has 0 unspecified atom stereocenters. The van der Waals surface area contributed by atoms with Crippen LogP contribution in [0.5, 0.6) is 11.6 Å². The Hall–Kier alpha value is -1.70. The van der Waals surface area contributed by atoms with Crippen molar-refractivity contribution < 1.29 is 9.66 Å². The second-order valence-electron chi connectivity index (χ2n) is 3.63. The highest BCUT2D eigenvalue weighted by molar-refractivity contribution is 14.1. The SMILES string of the molecule is Cc1cnc(Oc2cccc(I)c2)cc1[N+](=O)[O-]. The van der Waals surface area contributed by atoms with Crippen LogP contribution in [0.25, 0.3) is 0 Å². The lowest BCUT2D eigenvalue weighted by molar-refractivity contribution is -0.385. The van der Waals surface area contributed by atoms with E-state index in [1.165, 1.54) is 12.3 Å². The Morgan fingerprint density at radius 3 is 2.83 bits per heavy atom. The lowest BCUT2D eigenvalue weighted by atomic mass is 10.2. The van der Waals surface area contributed by atoms with Gasteiger partial charge in [-0.1, -0.05) is 6.07 Å². The van der Waals surface area contributed by atoms with Gasteiger partial charge in [0.05, 0.1) is 11.0 Å². The van der Waals surface area contributed by atoms with Gasteiger partial charge in [-0.3, -0.25) is 10.1 Å². The first kappa shape index (κ1) is 12.7. The first-order valence-corrected chi connectivity index (χ1v) is 6.18. The molecule has 1 heterocycles. The topological polar surface area (TPSA) is 65.3 Å². The molecule has 0 atom stereocenters. The number of hydrogen-bond acceptors (Lipinski definition) is 4. The highest BCUT2D eigenvalue weighted by Crippen LogP contribution is 2.26. The molecule has 0 radical (unpaired) electrons. The fourth-order valence-electron chi connectivity index (χ4n) is 1.40. The number of aromatic nitrogens is 1. The van der Waals surface area contributed by atoms with Crippen molar-refractivity contribution in [2.45, 2.75) is 6.92 Å². The summed E-state index contributed by atoms with van der Waals surface area (Å²) in [4.78, 5) is 14.4. The van der Waals surface area contributed by atoms with E-state index >= 15 is 0 Å². The molecule has 0 aliphatic heterocycles. The predicted octanol–water partition coefficient (Wildman–Crippen LogP) is 3.70. The number of halogens is 1. The molecular weight excluding hydrogens is 347 g/mol. The Balaban J connectivity index is 2.30. The highest BCUT2D eigenvalue weighted by atomic mass is 127. The molecule has 18 heavy (non-hydrogen) atoms. The summed E-state index contributed by atoms with van der Waals surface area (Å²) in [6, 6.07) is 8.71. The molecular formula is C12H9IN2O3. The van der Waals surface area contributed by atoms with Gasteiger partial charge in [0.25, 0.3) is 5.69 Å². The van der Waals surface area contributed by atoms with Crippen molar-refractivity contribution in [2.75, 3.05) is 0 Å². The summed E-state index contributed by atoms with van der Waals surface area (Å²) < 4.78 is 6.50. The fourth-order valence-corrected chi connectivity index (χ4v) is 1.91. The van der Waals surface area contributed by atoms with Gasteiger partial charge in [-0.2, -0.15) is 0 Å². The van der Waals surface area contributed by atoms with Crippen molar-refractivity contribution in [3.63, 3.8) is 0 Å². The van der Waals surface area contributed by atoms with E-state index in [0.29, 0.717) is 11.3 Å². The van der Waals surface area contributed by atoms with Crippen LogP contribution in [0.2, 0.25) is 0 Å². The van der Waals surface area contributed by atoms with E-state index in [1.54, 1.807) is 13.0 Å². The van der Waals surface area contributed by atoms with E-state index < -0.39 is 4.92 Å². The predicted molar refractivity (Wildman–Crippen MR) is 74.9 cm³/mol. The number of hydrogen-bond donors (Lipinski definition) is 0. The number of pyridine rings is 1. The van der Waals surface area contributed by atoms with E-state index in [4.69, 9.17) is 4.74 Å². The highest BCUT2D eigenvalue weighted by Gasteiger charge is 2.13. The van der Waals surface area contributed by atoms with Crippen LogP contribution in [0, 0.1) is 20.6 Å². The second kappa shape index (κ2) is 5.30. The summed E-state index contributed by atoms with van der Waals surface area (Å²) in [5.41, 5.74) is 0.514. The first-order valence-electron chi connectivity index (χ1n) is 5.11. The molecule has 92 valence electrons. The smallest absolute Gasteiger partial charge is 0.279 e. The minimum absolute atomic E-state index is 0.00521. The molecule has 0 aliphatic carbocycles. The summed E-state index contributed by atoms with van der Waals surface area (Å²) in [7, 11) is 0. The minimum Gasteiger partial charge on any atom is -0.439 e. The van der Waals surface area contributed by atoms with Gasteiger partial charge in [-0.15, -0.1) is 0 Å². The lowest BCUT2D eigenvalue weighted by Gasteiger charge is -2.05. The molecule has 1 aromatic heterocycles. The van der Waals surface area contributed by atoms with Gasteiger partial charge in [0.15, 0.2) is 0 Å². The zero-order valence-electron chi connectivity index (χ0n) is 9.46. The molecule has 0 aliphatic rings. The van der Waals surface area contributed by atoms with Crippen LogP contribution in [-0.2, 0) is 0 Å². The maximum Gasteiger partial charge on any atom is 0.279 e. The molecule has 0 N–H and O–H groups in total. The largest absolute Gasteiger partial charge is 0.439 e. The van der Waals surface area contributed by atoms with Crippen molar-refractivity contribution in [2.24, 2.45) is 0 Å². The van der Waals surface area contributed by atoms with Gasteiger partial charge >= 0.3 is 0 Å². The molecule has 0 bridgehead atoms. The van der Waals surface area contributed by atoms with Gasteiger partial charge < -0.3 is 4.74 Å². The van der Waals surface area contributed by atoms with Gasteiger partial charge in [0.2, 0.25) is 5.88 Å². The van der Waals surface area contributed by atoms with Crippen molar-refractivity contribution in [1.82, 2.24) is 4.98 Å². The molecule has 0 fully saturated rings. The first-order chi connectivity index (χ1) is 8.56. The van der Waals surface area contributed by atoms with Gasteiger partial charge in [-0.05, 0) is 47.7 Å². The molecule has 0 saturated heterocycles. The van der Waals surface area contributed by atoms with Crippen molar-refractivity contribution >= 4 is 28.3 Å². The third-order valence-corrected chi connectivity index (χ3v) is 2.94. The Morgan fingerprint density at radius 1 is 1.39 bits per heavy atom. The molecule has 0 amide bonds. The number of benzene rings is 1. The fraction of sp³-hybridized carbons (Fsp3) is 0.0833. The number of rotatable bonds is 3. The van der Waals surface area contributed by atoms with Crippen LogP contribution in [-0.4, -0.2) is 9.91 Å². The average Bonchev–Trinajstić information content (AvgIpc) is 2.31. The van der Waals surface area contributed by atoms with Crippen LogP contribution in [0.15, 0.2) is 36.5 Å². The third kappa shape index (κ3) is 2.95. The van der Waals surface area contributed by atoms with Gasteiger partial charge in [0.1, 0.15) is 5.75 Å². The average molecular weight is 356 g/mol. The van der Waals surface area contributed by atoms with Crippen molar-refractivity contribution in [3.05, 3.63) is 55.8 Å². The number of nitro groups is 1. The van der Waals surface area contributed by atoms with E-state index in [1.807, 2.05) is 18.2 Å². The van der Waals surface area contributed by atoms with E-state index in [9.17, 15) is 10.1 Å². The van der Waals surface area contributed by atoms with Crippen molar-refractivity contribution in [3.8, 4) is 11.6 Å². The zero-order chi connectivity index (χ0) is 13.1. The van der Waals surface area contributed by atoms with Crippen LogP contribution in [0.1, 0.15) is 5.56 Å². The summed E-state index contributed by atoms with van der Waals surface area (Å²) in [6.45, 7) is 1.64. The molecule has 2 aromatic rings. The monoisotopic (exact) mass is 356 g/mol. The quantitative estimate of drug-likeness (QED) is 0.478. The summed E-state index contributed by atoms with van der Waals surface area (Å²) in [6.07, 6.45) is 1.43. The Kier molecular flexibility index (Phi) is 3.75. The molecule has 0 spiro atoms. The Bertz CT molecular complexity index is 602.